The molecule has 0 atom stereocenters. The molecule has 0 radical (unpaired) electrons. The maximum absolute atomic E-state index is 9.46. The average Bonchev–Trinajstić information content (AvgIpc) is 3.50. The monoisotopic (exact) mass is 494 g/mol. The van der Waals surface area contributed by atoms with E-state index in [1.807, 2.05) is 97.1 Å². The van der Waals surface area contributed by atoms with Gasteiger partial charge < -0.3 is 5.11 Å². The SMILES string of the molecule is OCc1ccc(-c2ccccc2-c2nnn(C(c3ccccc3)(c3ccccc3)c3ccccc3)n2)cc1. The molecule has 5 aromatic carbocycles. The van der Waals surface area contributed by atoms with Crippen molar-refractivity contribution in [3.63, 3.8) is 0 Å². The topological polar surface area (TPSA) is 63.8 Å². The van der Waals surface area contributed by atoms with Crippen LogP contribution in [-0.2, 0) is 12.1 Å². The second-order valence-electron chi connectivity index (χ2n) is 9.11. The minimum atomic E-state index is -0.827. The first kappa shape index (κ1) is 23.5. The fourth-order valence-electron chi connectivity index (χ4n) is 5.07. The number of aromatic nitrogens is 4. The van der Waals surface area contributed by atoms with E-state index in [1.165, 1.54) is 0 Å². The van der Waals surface area contributed by atoms with Crippen molar-refractivity contribution in [3.8, 4) is 22.5 Å². The quantitative estimate of drug-likeness (QED) is 0.263. The summed E-state index contributed by atoms with van der Waals surface area (Å²) in [6.07, 6.45) is 0. The number of tetrazole rings is 1. The molecule has 0 spiro atoms. The molecule has 38 heavy (non-hydrogen) atoms. The first-order valence-corrected chi connectivity index (χ1v) is 12.6. The van der Waals surface area contributed by atoms with Crippen LogP contribution in [0, 0.1) is 0 Å². The highest BCUT2D eigenvalue weighted by atomic mass is 16.3. The van der Waals surface area contributed by atoms with Gasteiger partial charge in [0.05, 0.1) is 6.61 Å². The molecule has 1 N–H and O–H groups in total. The van der Waals surface area contributed by atoms with Crippen LogP contribution >= 0.6 is 0 Å². The van der Waals surface area contributed by atoms with Crippen molar-refractivity contribution in [2.45, 2.75) is 12.1 Å². The van der Waals surface area contributed by atoms with Crippen molar-refractivity contribution in [2.24, 2.45) is 0 Å². The molecule has 0 amide bonds. The zero-order valence-corrected chi connectivity index (χ0v) is 20.7. The Morgan fingerprint density at radius 3 is 1.53 bits per heavy atom. The van der Waals surface area contributed by atoms with E-state index in [9.17, 15) is 5.11 Å². The lowest BCUT2D eigenvalue weighted by Gasteiger charge is -2.34. The zero-order valence-electron chi connectivity index (χ0n) is 20.7. The largest absolute Gasteiger partial charge is 0.392 e. The lowest BCUT2D eigenvalue weighted by molar-refractivity contribution is 0.282. The number of hydrogen-bond acceptors (Lipinski definition) is 4. The fourth-order valence-corrected chi connectivity index (χ4v) is 5.07. The van der Waals surface area contributed by atoms with E-state index in [2.05, 4.69) is 52.8 Å². The molecule has 0 aliphatic rings. The standard InChI is InChI=1S/C33H26N4O/c38-24-25-20-22-26(23-21-25)30-18-10-11-19-31(30)32-34-36-37(35-32)33(27-12-4-1-5-13-27,28-14-6-2-7-15-28)29-16-8-3-9-17-29/h1-23,38H,24H2. The van der Waals surface area contributed by atoms with Crippen LogP contribution in [0.25, 0.3) is 22.5 Å². The summed E-state index contributed by atoms with van der Waals surface area (Å²) < 4.78 is 0. The number of aliphatic hydroxyl groups excluding tert-OH is 1. The molecule has 0 aliphatic carbocycles. The van der Waals surface area contributed by atoms with E-state index in [-0.39, 0.29) is 6.61 Å². The average molecular weight is 495 g/mol. The smallest absolute Gasteiger partial charge is 0.205 e. The van der Waals surface area contributed by atoms with Gasteiger partial charge in [0.15, 0.2) is 5.54 Å². The first-order chi connectivity index (χ1) is 18.8. The molecular formula is C33H26N4O. The van der Waals surface area contributed by atoms with E-state index in [4.69, 9.17) is 5.10 Å². The third-order valence-electron chi connectivity index (χ3n) is 6.90. The summed E-state index contributed by atoms with van der Waals surface area (Å²) >= 11 is 0. The van der Waals surface area contributed by atoms with Crippen molar-refractivity contribution >= 4 is 0 Å². The summed E-state index contributed by atoms with van der Waals surface area (Å²) in [4.78, 5) is 1.74. The van der Waals surface area contributed by atoms with Crippen LogP contribution in [0.1, 0.15) is 22.3 Å². The van der Waals surface area contributed by atoms with E-state index < -0.39 is 5.54 Å². The van der Waals surface area contributed by atoms with Gasteiger partial charge in [-0.15, -0.1) is 15.0 Å². The summed E-state index contributed by atoms with van der Waals surface area (Å²) in [6, 6.07) is 46.9. The molecule has 0 aliphatic heterocycles. The highest BCUT2D eigenvalue weighted by molar-refractivity contribution is 5.80. The molecule has 0 saturated carbocycles. The molecule has 6 rings (SSSR count). The summed E-state index contributed by atoms with van der Waals surface area (Å²) in [7, 11) is 0. The molecule has 1 aromatic heterocycles. The molecule has 0 saturated heterocycles. The van der Waals surface area contributed by atoms with Crippen LogP contribution in [0.15, 0.2) is 140 Å². The fraction of sp³-hybridized carbons (Fsp3) is 0.0606. The van der Waals surface area contributed by atoms with Crippen molar-refractivity contribution in [3.05, 3.63) is 162 Å². The van der Waals surface area contributed by atoms with Crippen molar-refractivity contribution in [1.82, 2.24) is 20.2 Å². The molecule has 1 heterocycles. The van der Waals surface area contributed by atoms with Gasteiger partial charge in [0.25, 0.3) is 0 Å². The Hall–Kier alpha value is -4.87. The lowest BCUT2D eigenvalue weighted by atomic mass is 9.77. The third kappa shape index (κ3) is 4.09. The third-order valence-corrected chi connectivity index (χ3v) is 6.90. The number of rotatable bonds is 7. The van der Waals surface area contributed by atoms with E-state index in [0.29, 0.717) is 5.82 Å². The van der Waals surface area contributed by atoms with E-state index in [1.54, 1.807) is 4.80 Å². The summed E-state index contributed by atoms with van der Waals surface area (Å²) in [5, 5.41) is 23.8. The first-order valence-electron chi connectivity index (χ1n) is 12.6. The van der Waals surface area contributed by atoms with Gasteiger partial charge in [0, 0.05) is 5.56 Å². The van der Waals surface area contributed by atoms with Crippen LogP contribution in [0.4, 0.5) is 0 Å². The molecular weight excluding hydrogens is 468 g/mol. The number of aliphatic hydroxyl groups is 1. The van der Waals surface area contributed by atoms with Crippen LogP contribution in [0.2, 0.25) is 0 Å². The van der Waals surface area contributed by atoms with Gasteiger partial charge in [-0.1, -0.05) is 140 Å². The molecule has 184 valence electrons. The summed E-state index contributed by atoms with van der Waals surface area (Å²) in [5.74, 6) is 0.541. The van der Waals surface area contributed by atoms with Crippen molar-refractivity contribution in [1.29, 1.82) is 0 Å². The minimum Gasteiger partial charge on any atom is -0.392 e. The Morgan fingerprint density at radius 2 is 1.03 bits per heavy atom. The Morgan fingerprint density at radius 1 is 0.553 bits per heavy atom. The molecule has 0 unspecified atom stereocenters. The number of hydrogen-bond donors (Lipinski definition) is 1. The number of benzene rings is 5. The Kier molecular flexibility index (Phi) is 6.34. The van der Waals surface area contributed by atoms with Gasteiger partial charge in [-0.25, -0.2) is 0 Å². The Labute approximate surface area is 221 Å². The van der Waals surface area contributed by atoms with Crippen molar-refractivity contribution in [2.75, 3.05) is 0 Å². The molecule has 0 bridgehead atoms. The highest BCUT2D eigenvalue weighted by Gasteiger charge is 2.41. The number of nitrogens with zero attached hydrogens (tertiary/aromatic N) is 4. The van der Waals surface area contributed by atoms with E-state index >= 15 is 0 Å². The summed E-state index contributed by atoms with van der Waals surface area (Å²) in [6.45, 7) is 0.0123. The van der Waals surface area contributed by atoms with Crippen LogP contribution in [0.5, 0.6) is 0 Å². The predicted octanol–water partition coefficient (Wildman–Crippen LogP) is 6.34. The van der Waals surface area contributed by atoms with Crippen molar-refractivity contribution < 1.29 is 5.11 Å². The maximum atomic E-state index is 9.46. The zero-order chi connectivity index (χ0) is 25.8. The molecule has 5 nitrogen and oxygen atoms in total. The highest BCUT2D eigenvalue weighted by Crippen LogP contribution is 2.40. The minimum absolute atomic E-state index is 0.0123. The van der Waals surface area contributed by atoms with Gasteiger partial charge >= 0.3 is 0 Å². The summed E-state index contributed by atoms with van der Waals surface area (Å²) in [5.41, 5.74) is 6.06. The molecule has 0 fully saturated rings. The van der Waals surface area contributed by atoms with E-state index in [0.717, 1.165) is 38.9 Å². The van der Waals surface area contributed by atoms with Gasteiger partial charge in [-0.3, -0.25) is 0 Å². The van der Waals surface area contributed by atoms with Gasteiger partial charge in [-0.05, 0) is 38.6 Å². The normalized spacial score (nSPS) is 11.4. The van der Waals surface area contributed by atoms with Crippen LogP contribution in [-0.4, -0.2) is 25.3 Å². The predicted molar refractivity (Wildman–Crippen MR) is 149 cm³/mol. The molecule has 6 aromatic rings. The molecule has 5 heteroatoms. The lowest BCUT2D eigenvalue weighted by Crippen LogP contribution is -2.39. The second kappa shape index (κ2) is 10.2. The van der Waals surface area contributed by atoms with Crippen LogP contribution in [0.3, 0.4) is 0 Å². The maximum Gasteiger partial charge on any atom is 0.205 e. The second-order valence-corrected chi connectivity index (χ2v) is 9.11. The Bertz CT molecular complexity index is 1530. The Balaban J connectivity index is 1.57. The van der Waals surface area contributed by atoms with Crippen LogP contribution < -0.4 is 0 Å². The van der Waals surface area contributed by atoms with Gasteiger partial charge in [0.1, 0.15) is 0 Å². The van der Waals surface area contributed by atoms with Gasteiger partial charge in [0.2, 0.25) is 5.82 Å². The van der Waals surface area contributed by atoms with Gasteiger partial charge in [-0.2, -0.15) is 0 Å².